The summed E-state index contributed by atoms with van der Waals surface area (Å²) in [7, 11) is -3.87. The average molecular weight is 214 g/mol. The van der Waals surface area contributed by atoms with E-state index in [-0.39, 0.29) is 18.9 Å². The van der Waals surface area contributed by atoms with E-state index in [2.05, 4.69) is 0 Å². The smallest absolute Gasteiger partial charge is 0.778 e. The molecule has 0 saturated heterocycles. The average Bonchev–Trinajstić information content (AvgIpc) is 1.84. The zero-order valence-corrected chi connectivity index (χ0v) is 7.17. The molecule has 0 aromatic heterocycles. The van der Waals surface area contributed by atoms with E-state index in [9.17, 15) is 22.4 Å². The Hall–Kier alpha value is -0.283. The molecule has 13 heavy (non-hydrogen) atoms. The van der Waals surface area contributed by atoms with E-state index in [0.29, 0.717) is 0 Å². The van der Waals surface area contributed by atoms with Gasteiger partial charge in [0.05, 0.1) is 0 Å². The van der Waals surface area contributed by atoms with Gasteiger partial charge in [0.25, 0.3) is 6.17 Å². The van der Waals surface area contributed by atoms with Crippen LogP contribution in [0.25, 0.3) is 0 Å². The Bertz CT molecular complexity index is 150. The molecule has 0 aliphatic rings. The zero-order valence-electron chi connectivity index (χ0n) is 6.28. The summed E-state index contributed by atoms with van der Waals surface area (Å²) in [6.45, 7) is 0. The third-order valence-electron chi connectivity index (χ3n) is 0.434. The van der Waals surface area contributed by atoms with E-state index in [4.69, 9.17) is 15.1 Å². The number of hydrogen-bond acceptors (Lipinski definition) is 3. The van der Waals surface area contributed by atoms with Gasteiger partial charge in [0, 0.05) is 0 Å². The molecule has 0 radical (unpaired) electrons. The molecule has 0 aromatic rings. The van der Waals surface area contributed by atoms with Gasteiger partial charge in [-0.05, 0) is 0 Å². The van der Waals surface area contributed by atoms with E-state index >= 15 is 0 Å². The van der Waals surface area contributed by atoms with Crippen LogP contribution in [0.1, 0.15) is 0 Å². The molecule has 5 nitrogen and oxygen atoms in total. The Kier molecular flexibility index (Phi) is 13.9. The van der Waals surface area contributed by atoms with Crippen LogP contribution in [0.4, 0.5) is 12.8 Å². The summed E-state index contributed by atoms with van der Waals surface area (Å²) in [5.41, 5.74) is 0. The number of aliphatic carboxylic acids is 2. The quantitative estimate of drug-likeness (QED) is 0.290. The first-order valence-electron chi connectivity index (χ1n) is 2.17. The van der Waals surface area contributed by atoms with Crippen molar-refractivity contribution in [2.24, 2.45) is 0 Å². The van der Waals surface area contributed by atoms with Crippen molar-refractivity contribution in [2.75, 3.05) is 0 Å². The fourth-order valence-electron chi connectivity index (χ4n) is 0.106. The molecule has 0 bridgehead atoms. The maximum atomic E-state index is 11.4. The van der Waals surface area contributed by atoms with E-state index in [1.165, 1.54) is 0 Å². The van der Waals surface area contributed by atoms with Crippen LogP contribution in [0.3, 0.4) is 0 Å². The fraction of sp³-hybridized carbons (Fsp3) is 0.333. The molecular weight excluding hydrogens is 211 g/mol. The minimum absolute atomic E-state index is 0. The van der Waals surface area contributed by atoms with E-state index in [1.807, 2.05) is 0 Å². The molecule has 2 N–H and O–H groups in total. The maximum Gasteiger partial charge on any atom is 1.00 e. The fourth-order valence-corrected chi connectivity index (χ4v) is 0.106. The van der Waals surface area contributed by atoms with Crippen LogP contribution in [0.15, 0.2) is 0 Å². The number of alkyl halides is 1. The first-order valence-corrected chi connectivity index (χ1v) is 3.21. The molecule has 0 fully saturated rings. The largest absolute Gasteiger partial charge is 1.00 e. The van der Waals surface area contributed by atoms with E-state index < -0.39 is 26.9 Å². The molecule has 0 saturated carbocycles. The summed E-state index contributed by atoms with van der Waals surface area (Å²) < 4.78 is 31.1. The van der Waals surface area contributed by atoms with Gasteiger partial charge in [-0.15, -0.1) is 0 Å². The molecule has 0 rings (SSSR count). The predicted octanol–water partition coefficient (Wildman–Crippen LogP) is -2.99. The van der Waals surface area contributed by atoms with Gasteiger partial charge in [-0.25, -0.2) is 22.4 Å². The maximum absolute atomic E-state index is 11.4. The summed E-state index contributed by atoms with van der Waals surface area (Å²) in [6, 6.07) is 0. The van der Waals surface area contributed by atoms with Crippen LogP contribution in [0.5, 0.6) is 0 Å². The Morgan fingerprint density at radius 2 is 1.38 bits per heavy atom. The molecule has 72 valence electrons. The monoisotopic (exact) mass is 214 g/mol. The molecule has 0 spiro atoms. The van der Waals surface area contributed by atoms with Crippen LogP contribution in [0, 0.1) is 0 Å². The first-order chi connectivity index (χ1) is 5.29. The van der Waals surface area contributed by atoms with Crippen molar-refractivity contribution >= 4 is 20.7 Å². The van der Waals surface area contributed by atoms with Crippen molar-refractivity contribution in [2.45, 2.75) is 6.17 Å². The van der Waals surface area contributed by atoms with Crippen LogP contribution < -0.4 is 23.8 Å². The van der Waals surface area contributed by atoms with Crippen LogP contribution in [-0.2, 0) is 9.59 Å². The summed E-state index contributed by atoms with van der Waals surface area (Å²) in [5, 5.41) is 15.2. The van der Waals surface area contributed by atoms with E-state index in [1.54, 1.807) is 0 Å². The molecule has 10 heteroatoms. The standard InChI is InChI=1S/C3H3FO4.F2OP.Li/c4-1(2(5)6)3(7)8;1-4(2)3;/h1H,(H,5,6)(H,7,8);;/q;-1;+1. The van der Waals surface area contributed by atoms with Gasteiger partial charge in [-0.3, -0.25) is 0 Å². The summed E-state index contributed by atoms with van der Waals surface area (Å²) >= 11 is 0. The van der Waals surface area contributed by atoms with Gasteiger partial charge in [0.2, 0.25) is 0 Å². The minimum Gasteiger partial charge on any atom is -0.778 e. The van der Waals surface area contributed by atoms with Crippen LogP contribution in [0.2, 0.25) is 0 Å². The van der Waals surface area contributed by atoms with Crippen molar-refractivity contribution in [3.8, 4) is 0 Å². The van der Waals surface area contributed by atoms with Gasteiger partial charge in [0.1, 0.15) is 0 Å². The van der Waals surface area contributed by atoms with Crippen LogP contribution in [-0.4, -0.2) is 28.3 Å². The second-order valence-electron chi connectivity index (χ2n) is 1.24. The normalized spacial score (nSPS) is 8.46. The van der Waals surface area contributed by atoms with Gasteiger partial charge in [-0.1, -0.05) is 0 Å². The molecule has 0 unspecified atom stereocenters. The predicted molar refractivity (Wildman–Crippen MR) is 29.3 cm³/mol. The third-order valence-corrected chi connectivity index (χ3v) is 0.434. The van der Waals surface area contributed by atoms with E-state index in [0.717, 1.165) is 0 Å². The Labute approximate surface area is 83.8 Å². The zero-order chi connectivity index (χ0) is 10.3. The second-order valence-corrected chi connectivity index (χ2v) is 1.64. The Morgan fingerprint density at radius 3 is 1.38 bits per heavy atom. The number of halogens is 3. The topological polar surface area (TPSA) is 97.7 Å². The summed E-state index contributed by atoms with van der Waals surface area (Å²) in [4.78, 5) is 27.0. The number of hydrogen-bond donors (Lipinski definition) is 2. The third kappa shape index (κ3) is 18.6. The van der Waals surface area contributed by atoms with Crippen molar-refractivity contribution in [3.05, 3.63) is 0 Å². The van der Waals surface area contributed by atoms with Crippen molar-refractivity contribution in [3.63, 3.8) is 0 Å². The second kappa shape index (κ2) is 9.80. The van der Waals surface area contributed by atoms with Crippen molar-refractivity contribution in [1.29, 1.82) is 0 Å². The van der Waals surface area contributed by atoms with Crippen LogP contribution >= 0.6 is 8.77 Å². The Morgan fingerprint density at radius 1 is 1.23 bits per heavy atom. The molecule has 0 atom stereocenters. The summed E-state index contributed by atoms with van der Waals surface area (Å²) in [5.74, 6) is -3.95. The van der Waals surface area contributed by atoms with Gasteiger partial charge in [0.15, 0.2) is 8.77 Å². The van der Waals surface area contributed by atoms with Crippen molar-refractivity contribution < 1.29 is 56.3 Å². The molecule has 0 amide bonds. The molecule has 0 heterocycles. The number of rotatable bonds is 2. The SMILES string of the molecule is O=C(O)C(F)C(=O)O.[Li+].[O-]P(F)F. The molecule has 0 aliphatic heterocycles. The minimum atomic E-state index is -3.87. The van der Waals surface area contributed by atoms with Gasteiger partial charge in [-0.2, -0.15) is 0 Å². The number of carboxylic acids is 2. The summed E-state index contributed by atoms with van der Waals surface area (Å²) in [6.07, 6.45) is -2.80. The first kappa shape index (κ1) is 18.5. The number of carbonyl (C=O) groups is 2. The molecule has 0 aromatic carbocycles. The number of carboxylic acid groups (broad SMARTS) is 2. The van der Waals surface area contributed by atoms with Gasteiger partial charge >= 0.3 is 30.8 Å². The van der Waals surface area contributed by atoms with Crippen molar-refractivity contribution in [1.82, 2.24) is 0 Å². The van der Waals surface area contributed by atoms with Gasteiger partial charge < -0.3 is 15.1 Å². The molecular formula is C3H3F3LiO5P. The Balaban J connectivity index is -0.000000173. The molecule has 0 aliphatic carbocycles.